The number of hydrogen-bond donors (Lipinski definition) is 1. The third-order valence-electron chi connectivity index (χ3n) is 3.83. The summed E-state index contributed by atoms with van der Waals surface area (Å²) in [5, 5.41) is 10.5. The van der Waals surface area contributed by atoms with Crippen LogP contribution < -0.4 is 0 Å². The normalized spacial score (nSPS) is 31.5. The summed E-state index contributed by atoms with van der Waals surface area (Å²) in [5.74, 6) is 0. The number of aliphatic hydroxyl groups excluding tert-OH is 1. The highest BCUT2D eigenvalue weighted by Gasteiger charge is 2.40. The Balaban J connectivity index is 1.95. The van der Waals surface area contributed by atoms with Crippen molar-refractivity contribution in [3.05, 3.63) is 12.2 Å². The molecule has 1 saturated heterocycles. The standard InChI is InChI=1S/C16H30O5Si/c1-15(2,3)22-21-16(4,5)14-12(17)7-6-11(20-14)10-13-18-8-9-19-13/h6-7,11-14,17H,8-10,22H2,1-5H3. The van der Waals surface area contributed by atoms with Crippen LogP contribution in [0.5, 0.6) is 0 Å². The Morgan fingerprint density at radius 2 is 1.77 bits per heavy atom. The van der Waals surface area contributed by atoms with Gasteiger partial charge in [0.25, 0.3) is 0 Å². The molecule has 3 atom stereocenters. The van der Waals surface area contributed by atoms with E-state index in [4.69, 9.17) is 18.6 Å². The van der Waals surface area contributed by atoms with Crippen LogP contribution in [0.3, 0.4) is 0 Å². The molecular weight excluding hydrogens is 300 g/mol. The molecule has 0 amide bonds. The lowest BCUT2D eigenvalue weighted by Crippen LogP contribution is -2.52. The van der Waals surface area contributed by atoms with E-state index in [0.717, 1.165) is 0 Å². The predicted octanol–water partition coefficient (Wildman–Crippen LogP) is 1.53. The first-order valence-corrected chi connectivity index (χ1v) is 9.35. The van der Waals surface area contributed by atoms with E-state index < -0.39 is 21.5 Å². The van der Waals surface area contributed by atoms with Crippen LogP contribution in [-0.4, -0.2) is 58.3 Å². The van der Waals surface area contributed by atoms with E-state index in [0.29, 0.717) is 19.6 Å². The van der Waals surface area contributed by atoms with Crippen molar-refractivity contribution in [1.29, 1.82) is 0 Å². The lowest BCUT2D eigenvalue weighted by Gasteiger charge is -2.42. The van der Waals surface area contributed by atoms with Gasteiger partial charge < -0.3 is 23.7 Å². The summed E-state index contributed by atoms with van der Waals surface area (Å²) in [6.45, 7) is 11.8. The fourth-order valence-corrected chi connectivity index (χ4v) is 3.55. The molecule has 2 aliphatic rings. The Kier molecular flexibility index (Phi) is 5.85. The zero-order chi connectivity index (χ0) is 16.4. The maximum absolute atomic E-state index is 10.3. The molecule has 2 rings (SSSR count). The van der Waals surface area contributed by atoms with E-state index in [9.17, 15) is 5.11 Å². The third-order valence-corrected chi connectivity index (χ3v) is 5.59. The van der Waals surface area contributed by atoms with Gasteiger partial charge in [-0.3, -0.25) is 0 Å². The molecule has 1 fully saturated rings. The van der Waals surface area contributed by atoms with Gasteiger partial charge in [0, 0.05) is 6.42 Å². The van der Waals surface area contributed by atoms with Gasteiger partial charge in [0.1, 0.15) is 12.2 Å². The van der Waals surface area contributed by atoms with Crippen LogP contribution in [0.1, 0.15) is 41.0 Å². The summed E-state index contributed by atoms with van der Waals surface area (Å²) in [6.07, 6.45) is 2.99. The Morgan fingerprint density at radius 3 is 2.36 bits per heavy atom. The van der Waals surface area contributed by atoms with Gasteiger partial charge in [-0.05, 0) is 18.9 Å². The molecule has 0 bridgehead atoms. The van der Waals surface area contributed by atoms with E-state index in [2.05, 4.69) is 20.8 Å². The van der Waals surface area contributed by atoms with Gasteiger partial charge in [-0.2, -0.15) is 0 Å². The highest BCUT2D eigenvalue weighted by molar-refractivity contribution is 6.31. The molecule has 0 saturated carbocycles. The molecular formula is C16H30O5Si. The quantitative estimate of drug-likeness (QED) is 0.612. The van der Waals surface area contributed by atoms with E-state index in [1.807, 2.05) is 19.9 Å². The second kappa shape index (κ2) is 7.11. The molecule has 0 aliphatic carbocycles. The molecule has 3 unspecified atom stereocenters. The molecule has 5 nitrogen and oxygen atoms in total. The average molecular weight is 330 g/mol. The summed E-state index contributed by atoms with van der Waals surface area (Å²) < 4.78 is 23.2. The van der Waals surface area contributed by atoms with E-state index in [-0.39, 0.29) is 23.5 Å². The summed E-state index contributed by atoms with van der Waals surface area (Å²) in [7, 11) is -0.724. The van der Waals surface area contributed by atoms with Gasteiger partial charge in [0.15, 0.2) is 16.1 Å². The van der Waals surface area contributed by atoms with Crippen molar-refractivity contribution < 1.29 is 23.7 Å². The maximum Gasteiger partial charge on any atom is 0.167 e. The van der Waals surface area contributed by atoms with E-state index in [1.54, 1.807) is 6.08 Å². The zero-order valence-corrected chi connectivity index (χ0v) is 15.8. The molecule has 0 radical (unpaired) electrons. The van der Waals surface area contributed by atoms with E-state index >= 15 is 0 Å². The summed E-state index contributed by atoms with van der Waals surface area (Å²) in [4.78, 5) is 0. The largest absolute Gasteiger partial charge is 0.416 e. The number of rotatable bonds is 5. The van der Waals surface area contributed by atoms with Crippen LogP contribution in [0.4, 0.5) is 0 Å². The van der Waals surface area contributed by atoms with Crippen molar-refractivity contribution in [2.24, 2.45) is 0 Å². The SMILES string of the molecule is CC(C)(C)[SiH2]OC(C)(C)C1OC(CC2OCCO2)C=CC1O. The van der Waals surface area contributed by atoms with Crippen molar-refractivity contribution in [2.45, 2.75) is 76.3 Å². The Labute approximate surface area is 135 Å². The van der Waals surface area contributed by atoms with Crippen LogP contribution in [-0.2, 0) is 18.6 Å². The number of aliphatic hydroxyl groups is 1. The fraction of sp³-hybridized carbons (Fsp3) is 0.875. The fourth-order valence-electron chi connectivity index (χ4n) is 2.58. The van der Waals surface area contributed by atoms with Crippen LogP contribution >= 0.6 is 0 Å². The van der Waals surface area contributed by atoms with Crippen molar-refractivity contribution in [1.82, 2.24) is 0 Å². The van der Waals surface area contributed by atoms with Gasteiger partial charge in [-0.25, -0.2) is 0 Å². The highest BCUT2D eigenvalue weighted by atomic mass is 28.2. The molecule has 0 aromatic heterocycles. The van der Waals surface area contributed by atoms with Crippen LogP contribution in [0.2, 0.25) is 5.04 Å². The summed E-state index contributed by atoms with van der Waals surface area (Å²) in [5.41, 5.74) is -0.515. The lowest BCUT2D eigenvalue weighted by molar-refractivity contribution is -0.158. The van der Waals surface area contributed by atoms with Gasteiger partial charge >= 0.3 is 0 Å². The molecule has 0 aromatic rings. The first kappa shape index (κ1) is 18.1. The molecule has 0 aromatic carbocycles. The third kappa shape index (κ3) is 5.14. The topological polar surface area (TPSA) is 57.2 Å². The molecule has 2 heterocycles. The van der Waals surface area contributed by atoms with Gasteiger partial charge in [0.2, 0.25) is 0 Å². The van der Waals surface area contributed by atoms with Crippen molar-refractivity contribution >= 4 is 9.76 Å². The molecule has 1 N–H and O–H groups in total. The molecule has 2 aliphatic heterocycles. The molecule has 128 valence electrons. The van der Waals surface area contributed by atoms with Crippen LogP contribution in [0.15, 0.2) is 12.2 Å². The smallest absolute Gasteiger partial charge is 0.167 e. The zero-order valence-electron chi connectivity index (χ0n) is 14.4. The Morgan fingerprint density at radius 1 is 1.14 bits per heavy atom. The van der Waals surface area contributed by atoms with Crippen LogP contribution in [0.25, 0.3) is 0 Å². The van der Waals surface area contributed by atoms with Crippen LogP contribution in [0, 0.1) is 0 Å². The van der Waals surface area contributed by atoms with Gasteiger partial charge in [0.05, 0.1) is 24.9 Å². The summed E-state index contributed by atoms with van der Waals surface area (Å²) in [6, 6.07) is 0. The maximum atomic E-state index is 10.3. The predicted molar refractivity (Wildman–Crippen MR) is 87.5 cm³/mol. The first-order chi connectivity index (χ1) is 10.2. The molecule has 22 heavy (non-hydrogen) atoms. The Hall–Kier alpha value is -0.243. The number of ether oxygens (including phenoxy) is 3. The average Bonchev–Trinajstić information content (AvgIpc) is 2.91. The van der Waals surface area contributed by atoms with Crippen molar-refractivity contribution in [3.63, 3.8) is 0 Å². The lowest BCUT2D eigenvalue weighted by atomic mass is 9.93. The first-order valence-electron chi connectivity index (χ1n) is 8.06. The second-order valence-electron chi connectivity index (χ2n) is 7.83. The second-order valence-corrected chi connectivity index (χ2v) is 10.5. The highest BCUT2D eigenvalue weighted by Crippen LogP contribution is 2.31. The van der Waals surface area contributed by atoms with Gasteiger partial charge in [-0.1, -0.05) is 32.9 Å². The van der Waals surface area contributed by atoms with Crippen molar-refractivity contribution in [2.75, 3.05) is 13.2 Å². The molecule has 6 heteroatoms. The minimum Gasteiger partial charge on any atom is -0.416 e. The number of hydrogen-bond acceptors (Lipinski definition) is 5. The minimum absolute atomic E-state index is 0.115. The minimum atomic E-state index is -0.724. The van der Waals surface area contributed by atoms with Crippen molar-refractivity contribution in [3.8, 4) is 0 Å². The Bertz CT molecular complexity index is 384. The molecule has 0 spiro atoms. The van der Waals surface area contributed by atoms with Gasteiger partial charge in [-0.15, -0.1) is 0 Å². The van der Waals surface area contributed by atoms with E-state index in [1.165, 1.54) is 0 Å². The summed E-state index contributed by atoms with van der Waals surface area (Å²) >= 11 is 0. The monoisotopic (exact) mass is 330 g/mol.